The number of rotatable bonds is 4. The van der Waals surface area contributed by atoms with Crippen LogP contribution in [-0.2, 0) is 0 Å². The number of nitrogen functional groups attached to an aromatic ring is 1. The van der Waals surface area contributed by atoms with Crippen LogP contribution < -0.4 is 15.8 Å². The smallest absolute Gasteiger partial charge is 0.251 e. The lowest BCUT2D eigenvalue weighted by atomic mass is 10.1. The van der Waals surface area contributed by atoms with Gasteiger partial charge in [-0.2, -0.15) is 0 Å². The molecule has 0 aliphatic heterocycles. The van der Waals surface area contributed by atoms with E-state index >= 15 is 0 Å². The SMILES string of the molecule is COc1ccc(C(=O)NC(C)c2cccc(N)c2)cc1. The third-order valence-electron chi connectivity index (χ3n) is 3.11. The lowest BCUT2D eigenvalue weighted by Gasteiger charge is -2.15. The number of anilines is 1. The molecule has 1 unspecified atom stereocenters. The normalized spacial score (nSPS) is 11.7. The van der Waals surface area contributed by atoms with E-state index in [0.29, 0.717) is 11.3 Å². The average molecular weight is 270 g/mol. The van der Waals surface area contributed by atoms with E-state index in [4.69, 9.17) is 10.5 Å². The molecule has 0 saturated heterocycles. The number of hydrogen-bond donors (Lipinski definition) is 2. The van der Waals surface area contributed by atoms with Crippen LogP contribution in [0.4, 0.5) is 5.69 Å². The zero-order chi connectivity index (χ0) is 14.5. The van der Waals surface area contributed by atoms with Crippen molar-refractivity contribution < 1.29 is 9.53 Å². The van der Waals surface area contributed by atoms with E-state index in [-0.39, 0.29) is 11.9 Å². The fourth-order valence-corrected chi connectivity index (χ4v) is 1.93. The topological polar surface area (TPSA) is 64.3 Å². The van der Waals surface area contributed by atoms with Gasteiger partial charge in [-0.05, 0) is 48.9 Å². The maximum atomic E-state index is 12.1. The maximum absolute atomic E-state index is 12.1. The van der Waals surface area contributed by atoms with E-state index < -0.39 is 0 Å². The molecular weight excluding hydrogens is 252 g/mol. The summed E-state index contributed by atoms with van der Waals surface area (Å²) < 4.78 is 5.07. The first-order chi connectivity index (χ1) is 9.60. The van der Waals surface area contributed by atoms with E-state index in [1.807, 2.05) is 31.2 Å². The van der Waals surface area contributed by atoms with Crippen molar-refractivity contribution in [2.24, 2.45) is 0 Å². The largest absolute Gasteiger partial charge is 0.497 e. The van der Waals surface area contributed by atoms with Crippen LogP contribution in [0, 0.1) is 0 Å². The molecule has 0 heterocycles. The molecule has 1 atom stereocenters. The summed E-state index contributed by atoms with van der Waals surface area (Å²) in [6.07, 6.45) is 0. The number of nitrogens with one attached hydrogen (secondary N) is 1. The molecule has 0 aliphatic rings. The molecule has 4 nitrogen and oxygen atoms in total. The van der Waals surface area contributed by atoms with Crippen LogP contribution in [-0.4, -0.2) is 13.0 Å². The van der Waals surface area contributed by atoms with Gasteiger partial charge < -0.3 is 15.8 Å². The van der Waals surface area contributed by atoms with Gasteiger partial charge in [0.15, 0.2) is 0 Å². The van der Waals surface area contributed by atoms with Crippen LogP contribution in [0.2, 0.25) is 0 Å². The zero-order valence-corrected chi connectivity index (χ0v) is 11.6. The van der Waals surface area contributed by atoms with Gasteiger partial charge in [0.25, 0.3) is 5.91 Å². The van der Waals surface area contributed by atoms with E-state index in [1.54, 1.807) is 31.4 Å². The lowest BCUT2D eigenvalue weighted by molar-refractivity contribution is 0.0940. The number of carbonyl (C=O) groups excluding carboxylic acids is 1. The minimum Gasteiger partial charge on any atom is -0.497 e. The number of ether oxygens (including phenoxy) is 1. The van der Waals surface area contributed by atoms with Gasteiger partial charge in [-0.3, -0.25) is 4.79 Å². The number of carbonyl (C=O) groups is 1. The molecule has 2 rings (SSSR count). The molecule has 20 heavy (non-hydrogen) atoms. The number of hydrogen-bond acceptors (Lipinski definition) is 3. The van der Waals surface area contributed by atoms with Crippen molar-refractivity contribution in [3.63, 3.8) is 0 Å². The summed E-state index contributed by atoms with van der Waals surface area (Å²) in [6.45, 7) is 1.93. The molecule has 1 amide bonds. The summed E-state index contributed by atoms with van der Waals surface area (Å²) in [5, 5.41) is 2.94. The van der Waals surface area contributed by atoms with Crippen LogP contribution in [0.1, 0.15) is 28.9 Å². The lowest BCUT2D eigenvalue weighted by Crippen LogP contribution is -2.26. The first-order valence-corrected chi connectivity index (χ1v) is 6.40. The molecule has 0 bridgehead atoms. The van der Waals surface area contributed by atoms with Gasteiger partial charge in [0.05, 0.1) is 13.2 Å². The summed E-state index contributed by atoms with van der Waals surface area (Å²) in [6, 6.07) is 14.4. The van der Waals surface area contributed by atoms with Crippen LogP contribution in [0.15, 0.2) is 48.5 Å². The van der Waals surface area contributed by atoms with Crippen molar-refractivity contribution >= 4 is 11.6 Å². The van der Waals surface area contributed by atoms with Gasteiger partial charge in [-0.1, -0.05) is 12.1 Å². The molecule has 0 radical (unpaired) electrons. The van der Waals surface area contributed by atoms with Gasteiger partial charge in [-0.25, -0.2) is 0 Å². The summed E-state index contributed by atoms with van der Waals surface area (Å²) in [4.78, 5) is 12.1. The molecule has 3 N–H and O–H groups in total. The Morgan fingerprint density at radius 2 is 1.90 bits per heavy atom. The predicted octanol–water partition coefficient (Wildman–Crippen LogP) is 2.77. The molecule has 0 fully saturated rings. The highest BCUT2D eigenvalue weighted by atomic mass is 16.5. The Kier molecular flexibility index (Phi) is 4.25. The van der Waals surface area contributed by atoms with E-state index in [1.165, 1.54) is 0 Å². The molecule has 2 aromatic carbocycles. The molecule has 2 aromatic rings. The van der Waals surface area contributed by atoms with Gasteiger partial charge in [-0.15, -0.1) is 0 Å². The molecule has 0 aromatic heterocycles. The van der Waals surface area contributed by atoms with Gasteiger partial charge >= 0.3 is 0 Å². The van der Waals surface area contributed by atoms with Crippen molar-refractivity contribution in [3.05, 3.63) is 59.7 Å². The minimum absolute atomic E-state index is 0.104. The number of amides is 1. The first-order valence-electron chi connectivity index (χ1n) is 6.40. The number of nitrogens with two attached hydrogens (primary N) is 1. The fraction of sp³-hybridized carbons (Fsp3) is 0.188. The second-order valence-electron chi connectivity index (χ2n) is 4.59. The van der Waals surface area contributed by atoms with Gasteiger partial charge in [0, 0.05) is 11.3 Å². The van der Waals surface area contributed by atoms with Gasteiger partial charge in [0.1, 0.15) is 5.75 Å². The Hall–Kier alpha value is -2.49. The fourth-order valence-electron chi connectivity index (χ4n) is 1.93. The summed E-state index contributed by atoms with van der Waals surface area (Å²) in [7, 11) is 1.59. The van der Waals surface area contributed by atoms with Crippen molar-refractivity contribution in [1.82, 2.24) is 5.32 Å². The summed E-state index contributed by atoms with van der Waals surface area (Å²) in [5.41, 5.74) is 8.01. The van der Waals surface area contributed by atoms with Crippen molar-refractivity contribution in [2.45, 2.75) is 13.0 Å². The predicted molar refractivity (Wildman–Crippen MR) is 79.7 cm³/mol. The Bertz CT molecular complexity index is 594. The van der Waals surface area contributed by atoms with Crippen LogP contribution in [0.25, 0.3) is 0 Å². The quantitative estimate of drug-likeness (QED) is 0.840. The minimum atomic E-state index is -0.123. The summed E-state index contributed by atoms with van der Waals surface area (Å²) >= 11 is 0. The van der Waals surface area contributed by atoms with Crippen LogP contribution in [0.3, 0.4) is 0 Å². The highest BCUT2D eigenvalue weighted by molar-refractivity contribution is 5.94. The second-order valence-corrected chi connectivity index (χ2v) is 4.59. The van der Waals surface area contributed by atoms with Crippen molar-refractivity contribution in [2.75, 3.05) is 12.8 Å². The third-order valence-corrected chi connectivity index (χ3v) is 3.11. The van der Waals surface area contributed by atoms with E-state index in [2.05, 4.69) is 5.32 Å². The average Bonchev–Trinajstić information content (AvgIpc) is 2.47. The van der Waals surface area contributed by atoms with Gasteiger partial charge in [0.2, 0.25) is 0 Å². The zero-order valence-electron chi connectivity index (χ0n) is 11.6. The Morgan fingerprint density at radius 1 is 1.20 bits per heavy atom. The van der Waals surface area contributed by atoms with Crippen LogP contribution in [0.5, 0.6) is 5.75 Å². The molecule has 0 saturated carbocycles. The van der Waals surface area contributed by atoms with E-state index in [9.17, 15) is 4.79 Å². The Morgan fingerprint density at radius 3 is 2.50 bits per heavy atom. The molecule has 0 aliphatic carbocycles. The third kappa shape index (κ3) is 3.29. The van der Waals surface area contributed by atoms with Crippen molar-refractivity contribution in [1.29, 1.82) is 0 Å². The Balaban J connectivity index is 2.06. The van der Waals surface area contributed by atoms with Crippen molar-refractivity contribution in [3.8, 4) is 5.75 Å². The highest BCUT2D eigenvalue weighted by Gasteiger charge is 2.11. The highest BCUT2D eigenvalue weighted by Crippen LogP contribution is 2.17. The van der Waals surface area contributed by atoms with E-state index in [0.717, 1.165) is 11.3 Å². The number of methoxy groups -OCH3 is 1. The monoisotopic (exact) mass is 270 g/mol. The van der Waals surface area contributed by atoms with Crippen LogP contribution >= 0.6 is 0 Å². The number of benzene rings is 2. The second kappa shape index (κ2) is 6.10. The first kappa shape index (κ1) is 13.9. The maximum Gasteiger partial charge on any atom is 0.251 e. The molecule has 0 spiro atoms. The molecule has 4 heteroatoms. The molecular formula is C16H18N2O2. The summed E-state index contributed by atoms with van der Waals surface area (Å²) in [5.74, 6) is 0.605. The molecule has 104 valence electrons. The standard InChI is InChI=1S/C16H18N2O2/c1-11(13-4-3-5-14(17)10-13)18-16(19)12-6-8-15(20-2)9-7-12/h3-11H,17H2,1-2H3,(H,18,19). The Labute approximate surface area is 118 Å².